The van der Waals surface area contributed by atoms with Crippen LogP contribution in [0, 0.1) is 0 Å². The number of carbonyl (C=O) groups excluding carboxylic acids is 1. The number of nitrogens with one attached hydrogen (secondary N) is 2. The Bertz CT molecular complexity index is 855. The average Bonchev–Trinajstić information content (AvgIpc) is 3.04. The van der Waals surface area contributed by atoms with Crippen LogP contribution >= 0.6 is 0 Å². The smallest absolute Gasteiger partial charge is 0.253 e. The van der Waals surface area contributed by atoms with E-state index in [-0.39, 0.29) is 11.9 Å². The van der Waals surface area contributed by atoms with Crippen molar-refractivity contribution in [2.45, 2.75) is 13.0 Å². The molecule has 122 valence electrons. The van der Waals surface area contributed by atoms with E-state index in [4.69, 9.17) is 0 Å². The number of fused-ring (bicyclic) bond motifs is 1. The minimum Gasteiger partial charge on any atom is -0.360 e. The average molecular weight is 322 g/mol. The largest absolute Gasteiger partial charge is 0.360 e. The fourth-order valence-electron chi connectivity index (χ4n) is 2.32. The maximum atomic E-state index is 11.8. The van der Waals surface area contributed by atoms with Gasteiger partial charge in [-0.3, -0.25) is 9.20 Å². The van der Waals surface area contributed by atoms with E-state index < -0.39 is 0 Å². The number of aromatic nitrogens is 4. The third kappa shape index (κ3) is 3.24. The van der Waals surface area contributed by atoms with Gasteiger partial charge in [0.1, 0.15) is 5.82 Å². The van der Waals surface area contributed by atoms with Crippen molar-refractivity contribution in [2.75, 3.05) is 11.9 Å². The first-order valence-corrected chi connectivity index (χ1v) is 7.60. The van der Waals surface area contributed by atoms with Crippen molar-refractivity contribution in [3.63, 3.8) is 0 Å². The Morgan fingerprint density at radius 1 is 1.33 bits per heavy atom. The summed E-state index contributed by atoms with van der Waals surface area (Å²) in [6.07, 6.45) is 5.09. The van der Waals surface area contributed by atoms with Gasteiger partial charge < -0.3 is 10.6 Å². The summed E-state index contributed by atoms with van der Waals surface area (Å²) in [5.41, 5.74) is 1.30. The van der Waals surface area contributed by atoms with Gasteiger partial charge in [0.25, 0.3) is 5.91 Å². The molecule has 0 saturated heterocycles. The Morgan fingerprint density at radius 2 is 2.21 bits per heavy atom. The number of rotatable bonds is 6. The van der Waals surface area contributed by atoms with Crippen LogP contribution in [0.1, 0.15) is 29.1 Å². The fraction of sp³-hybridized carbons (Fsp3) is 0.176. The SMILES string of the molecule is C=CCNC(=O)c1ccc(NC(C)c2nnc3ccccn23)nc1. The summed E-state index contributed by atoms with van der Waals surface area (Å²) in [7, 11) is 0. The normalized spacial score (nSPS) is 11.9. The predicted molar refractivity (Wildman–Crippen MR) is 91.8 cm³/mol. The van der Waals surface area contributed by atoms with E-state index in [0.717, 1.165) is 11.5 Å². The number of pyridine rings is 2. The van der Waals surface area contributed by atoms with Crippen LogP contribution in [-0.2, 0) is 0 Å². The molecule has 3 heterocycles. The maximum Gasteiger partial charge on any atom is 0.253 e. The minimum absolute atomic E-state index is 0.0876. The minimum atomic E-state index is -0.176. The topological polar surface area (TPSA) is 84.2 Å². The first-order valence-electron chi connectivity index (χ1n) is 7.60. The van der Waals surface area contributed by atoms with Crippen LogP contribution in [0.3, 0.4) is 0 Å². The zero-order chi connectivity index (χ0) is 16.9. The van der Waals surface area contributed by atoms with Crippen LogP contribution in [-0.4, -0.2) is 32.0 Å². The van der Waals surface area contributed by atoms with Crippen molar-refractivity contribution >= 4 is 17.4 Å². The molecule has 0 fully saturated rings. The van der Waals surface area contributed by atoms with Crippen molar-refractivity contribution in [3.8, 4) is 0 Å². The molecular weight excluding hydrogens is 304 g/mol. The number of amides is 1. The zero-order valence-electron chi connectivity index (χ0n) is 13.3. The third-order valence-electron chi connectivity index (χ3n) is 3.52. The molecule has 7 nitrogen and oxygen atoms in total. The lowest BCUT2D eigenvalue weighted by Gasteiger charge is -2.13. The molecule has 0 spiro atoms. The summed E-state index contributed by atoms with van der Waals surface area (Å²) in [6, 6.07) is 9.16. The molecular formula is C17H18N6O. The second kappa shape index (κ2) is 6.91. The molecule has 0 saturated carbocycles. The molecule has 24 heavy (non-hydrogen) atoms. The molecule has 0 aromatic carbocycles. The molecule has 0 aliphatic heterocycles. The summed E-state index contributed by atoms with van der Waals surface area (Å²) in [6.45, 7) is 5.97. The van der Waals surface area contributed by atoms with Gasteiger partial charge in [-0.2, -0.15) is 0 Å². The molecule has 0 radical (unpaired) electrons. The molecule has 0 aliphatic rings. The van der Waals surface area contributed by atoms with Gasteiger partial charge in [-0.15, -0.1) is 16.8 Å². The number of nitrogens with zero attached hydrogens (tertiary/aromatic N) is 4. The van der Waals surface area contributed by atoms with E-state index in [1.165, 1.54) is 6.20 Å². The van der Waals surface area contributed by atoms with Gasteiger partial charge in [0, 0.05) is 18.9 Å². The van der Waals surface area contributed by atoms with Crippen LogP contribution in [0.4, 0.5) is 5.82 Å². The number of hydrogen-bond donors (Lipinski definition) is 2. The molecule has 1 atom stereocenters. The van der Waals surface area contributed by atoms with E-state index in [2.05, 4.69) is 32.4 Å². The lowest BCUT2D eigenvalue weighted by atomic mass is 10.2. The molecule has 7 heteroatoms. The Hall–Kier alpha value is -3.22. The highest BCUT2D eigenvalue weighted by atomic mass is 16.1. The molecule has 3 rings (SSSR count). The Labute approximate surface area is 139 Å². The number of anilines is 1. The maximum absolute atomic E-state index is 11.8. The molecule has 1 unspecified atom stereocenters. The fourth-order valence-corrected chi connectivity index (χ4v) is 2.32. The second-order valence-electron chi connectivity index (χ2n) is 5.28. The molecule has 2 N–H and O–H groups in total. The van der Waals surface area contributed by atoms with Crippen LogP contribution in [0.15, 0.2) is 55.4 Å². The van der Waals surface area contributed by atoms with E-state index in [0.29, 0.717) is 17.9 Å². The van der Waals surface area contributed by atoms with Crippen molar-refractivity contribution in [1.29, 1.82) is 0 Å². The second-order valence-corrected chi connectivity index (χ2v) is 5.28. The van der Waals surface area contributed by atoms with Gasteiger partial charge in [-0.1, -0.05) is 12.1 Å². The van der Waals surface area contributed by atoms with Gasteiger partial charge in [0.2, 0.25) is 0 Å². The summed E-state index contributed by atoms with van der Waals surface area (Å²) in [5.74, 6) is 1.28. The van der Waals surface area contributed by atoms with Gasteiger partial charge in [0.05, 0.1) is 11.6 Å². The standard InChI is InChI=1S/C17H18N6O/c1-3-9-18-17(24)13-7-8-14(19-11-13)20-12(2)16-22-21-15-6-4-5-10-23(15)16/h3-8,10-12H,1,9H2,2H3,(H,18,24)(H,19,20). The summed E-state index contributed by atoms with van der Waals surface area (Å²) < 4.78 is 1.93. The Morgan fingerprint density at radius 3 is 2.96 bits per heavy atom. The van der Waals surface area contributed by atoms with Crippen LogP contribution in [0.2, 0.25) is 0 Å². The summed E-state index contributed by atoms with van der Waals surface area (Å²) in [5, 5.41) is 14.3. The molecule has 3 aromatic rings. The third-order valence-corrected chi connectivity index (χ3v) is 3.52. The molecule has 0 bridgehead atoms. The lowest BCUT2D eigenvalue weighted by Crippen LogP contribution is -2.23. The monoisotopic (exact) mass is 322 g/mol. The van der Waals surface area contributed by atoms with Gasteiger partial charge >= 0.3 is 0 Å². The van der Waals surface area contributed by atoms with Gasteiger partial charge in [0.15, 0.2) is 11.5 Å². The van der Waals surface area contributed by atoms with E-state index >= 15 is 0 Å². The first-order chi connectivity index (χ1) is 11.7. The van der Waals surface area contributed by atoms with Gasteiger partial charge in [-0.25, -0.2) is 4.98 Å². The first kappa shape index (κ1) is 15.7. The van der Waals surface area contributed by atoms with Crippen molar-refractivity contribution in [1.82, 2.24) is 24.9 Å². The van der Waals surface area contributed by atoms with E-state index in [1.54, 1.807) is 18.2 Å². The van der Waals surface area contributed by atoms with Crippen LogP contribution < -0.4 is 10.6 Å². The van der Waals surface area contributed by atoms with E-state index in [1.807, 2.05) is 35.7 Å². The molecule has 0 aliphatic carbocycles. The van der Waals surface area contributed by atoms with Crippen molar-refractivity contribution < 1.29 is 4.79 Å². The Balaban J connectivity index is 1.71. The van der Waals surface area contributed by atoms with Crippen LogP contribution in [0.25, 0.3) is 5.65 Å². The zero-order valence-corrected chi connectivity index (χ0v) is 13.3. The van der Waals surface area contributed by atoms with Crippen LogP contribution in [0.5, 0.6) is 0 Å². The predicted octanol–water partition coefficient (Wildman–Crippen LogP) is 2.21. The number of hydrogen-bond acceptors (Lipinski definition) is 5. The highest BCUT2D eigenvalue weighted by Gasteiger charge is 2.13. The molecule has 1 amide bonds. The Kier molecular flexibility index (Phi) is 4.51. The lowest BCUT2D eigenvalue weighted by molar-refractivity contribution is 0.0957. The highest BCUT2D eigenvalue weighted by molar-refractivity contribution is 5.94. The van der Waals surface area contributed by atoms with Crippen molar-refractivity contribution in [2.24, 2.45) is 0 Å². The quantitative estimate of drug-likeness (QED) is 0.680. The number of carbonyl (C=O) groups is 1. The summed E-state index contributed by atoms with van der Waals surface area (Å²) >= 11 is 0. The molecule has 3 aromatic heterocycles. The van der Waals surface area contributed by atoms with E-state index in [9.17, 15) is 4.79 Å². The van der Waals surface area contributed by atoms with Crippen molar-refractivity contribution in [3.05, 3.63) is 66.8 Å². The highest BCUT2D eigenvalue weighted by Crippen LogP contribution is 2.17. The summed E-state index contributed by atoms with van der Waals surface area (Å²) in [4.78, 5) is 16.1. The van der Waals surface area contributed by atoms with Gasteiger partial charge in [-0.05, 0) is 31.2 Å².